The second kappa shape index (κ2) is 5.85. The first-order valence-corrected chi connectivity index (χ1v) is 7.57. The number of hydrogen-bond acceptors (Lipinski definition) is 1. The van der Waals surface area contributed by atoms with Gasteiger partial charge in [0.2, 0.25) is 0 Å². The van der Waals surface area contributed by atoms with Crippen molar-refractivity contribution in [3.05, 3.63) is 59.7 Å². The number of aromatic nitrogens is 1. The lowest BCUT2D eigenvalue weighted by Gasteiger charge is -2.39. The van der Waals surface area contributed by atoms with E-state index in [4.69, 9.17) is 12.2 Å². The van der Waals surface area contributed by atoms with E-state index in [0.717, 1.165) is 25.3 Å². The molecule has 2 heterocycles. The van der Waals surface area contributed by atoms with E-state index in [1.807, 2.05) is 37.4 Å². The Kier molecular flexibility index (Phi) is 3.92. The Hall–Kier alpha value is -1.88. The molecule has 2 aromatic rings. The van der Waals surface area contributed by atoms with Crippen molar-refractivity contribution in [1.82, 2.24) is 14.8 Å². The Morgan fingerprint density at radius 2 is 2.10 bits per heavy atom. The van der Waals surface area contributed by atoms with Gasteiger partial charge in [-0.2, -0.15) is 0 Å². The van der Waals surface area contributed by atoms with E-state index in [9.17, 15) is 4.39 Å². The van der Waals surface area contributed by atoms with E-state index in [2.05, 4.69) is 14.8 Å². The highest BCUT2D eigenvalue weighted by Crippen LogP contribution is 2.33. The number of rotatable bonds is 2. The van der Waals surface area contributed by atoms with Crippen LogP contribution in [0.25, 0.3) is 0 Å². The van der Waals surface area contributed by atoms with Crippen molar-refractivity contribution in [2.45, 2.75) is 19.5 Å². The molecule has 0 bridgehead atoms. The van der Waals surface area contributed by atoms with Crippen molar-refractivity contribution in [2.24, 2.45) is 0 Å². The highest BCUT2D eigenvalue weighted by Gasteiger charge is 2.31. The van der Waals surface area contributed by atoms with E-state index in [1.54, 1.807) is 6.07 Å². The first-order valence-electron chi connectivity index (χ1n) is 7.16. The van der Waals surface area contributed by atoms with E-state index in [-0.39, 0.29) is 11.9 Å². The third kappa shape index (κ3) is 2.53. The van der Waals surface area contributed by atoms with Gasteiger partial charge in [-0.05, 0) is 37.3 Å². The number of thiocarbonyl (C=S) groups is 1. The molecular weight excluding hydrogens is 285 g/mol. The molecule has 0 amide bonds. The maximum absolute atomic E-state index is 14.3. The Morgan fingerprint density at radius 3 is 2.86 bits per heavy atom. The van der Waals surface area contributed by atoms with Gasteiger partial charge in [0, 0.05) is 37.1 Å². The van der Waals surface area contributed by atoms with E-state index in [1.165, 1.54) is 6.07 Å². The highest BCUT2D eigenvalue weighted by atomic mass is 32.1. The van der Waals surface area contributed by atoms with E-state index < -0.39 is 0 Å². The fourth-order valence-corrected chi connectivity index (χ4v) is 3.22. The number of nitrogens with one attached hydrogen (secondary N) is 1. The molecule has 1 aromatic heterocycles. The predicted molar refractivity (Wildman–Crippen MR) is 85.7 cm³/mol. The van der Waals surface area contributed by atoms with Gasteiger partial charge in [-0.3, -0.25) is 0 Å². The summed E-state index contributed by atoms with van der Waals surface area (Å²) >= 11 is 5.48. The summed E-state index contributed by atoms with van der Waals surface area (Å²) in [5.74, 6) is -0.193. The zero-order valence-electron chi connectivity index (χ0n) is 11.9. The van der Waals surface area contributed by atoms with Gasteiger partial charge in [0.25, 0.3) is 0 Å². The molecule has 3 rings (SSSR count). The molecule has 3 nitrogen and oxygen atoms in total. The first-order chi connectivity index (χ1) is 10.2. The van der Waals surface area contributed by atoms with Crippen molar-refractivity contribution < 1.29 is 4.39 Å². The molecule has 0 fully saturated rings. The van der Waals surface area contributed by atoms with Gasteiger partial charge in [-0.25, -0.2) is 4.39 Å². The molecular formula is C16H18FN3S. The van der Waals surface area contributed by atoms with E-state index >= 15 is 0 Å². The lowest BCUT2D eigenvalue weighted by Crippen LogP contribution is -2.47. The molecule has 110 valence electrons. The maximum atomic E-state index is 14.3. The minimum Gasteiger partial charge on any atom is -0.363 e. The zero-order chi connectivity index (χ0) is 14.8. The van der Waals surface area contributed by atoms with Crippen LogP contribution in [0.4, 0.5) is 4.39 Å². The second-order valence-corrected chi connectivity index (χ2v) is 5.47. The van der Waals surface area contributed by atoms with Gasteiger partial charge >= 0.3 is 0 Å². The lowest BCUT2D eigenvalue weighted by atomic mass is 10.00. The van der Waals surface area contributed by atoms with Crippen molar-refractivity contribution >= 4 is 17.3 Å². The van der Waals surface area contributed by atoms with Crippen LogP contribution >= 0.6 is 12.2 Å². The monoisotopic (exact) mass is 303 g/mol. The Bertz CT molecular complexity index is 652. The summed E-state index contributed by atoms with van der Waals surface area (Å²) in [6, 6.07) is 10.8. The minimum absolute atomic E-state index is 0.179. The summed E-state index contributed by atoms with van der Waals surface area (Å²) in [5.41, 5.74) is 1.74. The van der Waals surface area contributed by atoms with Gasteiger partial charge < -0.3 is 14.8 Å². The minimum atomic E-state index is -0.193. The molecule has 0 saturated carbocycles. The molecule has 1 atom stereocenters. The molecule has 0 aliphatic carbocycles. The van der Waals surface area contributed by atoms with Crippen LogP contribution in [-0.2, 0) is 6.54 Å². The molecule has 1 aliphatic rings. The average Bonchev–Trinajstić information content (AvgIpc) is 2.95. The van der Waals surface area contributed by atoms with E-state index in [0.29, 0.717) is 10.7 Å². The Morgan fingerprint density at radius 1 is 1.29 bits per heavy atom. The largest absolute Gasteiger partial charge is 0.363 e. The molecule has 21 heavy (non-hydrogen) atoms. The molecule has 5 heteroatoms. The fourth-order valence-electron chi connectivity index (χ4n) is 2.88. The summed E-state index contributed by atoms with van der Waals surface area (Å²) in [6.07, 6.45) is 2.04. The normalized spacial score (nSPS) is 17.4. The third-order valence-corrected chi connectivity index (χ3v) is 4.21. The van der Waals surface area contributed by atoms with Crippen LogP contribution in [0.3, 0.4) is 0 Å². The van der Waals surface area contributed by atoms with Gasteiger partial charge in [-0.1, -0.05) is 18.2 Å². The summed E-state index contributed by atoms with van der Waals surface area (Å²) < 4.78 is 16.5. The molecule has 0 saturated heterocycles. The van der Waals surface area contributed by atoms with Crippen molar-refractivity contribution in [3.8, 4) is 0 Å². The smallest absolute Gasteiger partial charge is 0.169 e. The van der Waals surface area contributed by atoms with Crippen LogP contribution in [0.15, 0.2) is 42.6 Å². The molecule has 1 unspecified atom stereocenters. The Labute approximate surface area is 129 Å². The van der Waals surface area contributed by atoms with Crippen molar-refractivity contribution in [2.75, 3.05) is 13.1 Å². The summed E-state index contributed by atoms with van der Waals surface area (Å²) in [6.45, 7) is 4.41. The van der Waals surface area contributed by atoms with Crippen molar-refractivity contribution in [3.63, 3.8) is 0 Å². The van der Waals surface area contributed by atoms with Crippen LogP contribution in [0.2, 0.25) is 0 Å². The topological polar surface area (TPSA) is 20.2 Å². The van der Waals surface area contributed by atoms with Crippen molar-refractivity contribution in [1.29, 1.82) is 0 Å². The number of nitrogens with zero attached hydrogens (tertiary/aromatic N) is 2. The maximum Gasteiger partial charge on any atom is 0.169 e. The first kappa shape index (κ1) is 14.1. The summed E-state index contributed by atoms with van der Waals surface area (Å²) in [7, 11) is 0. The van der Waals surface area contributed by atoms with Gasteiger partial charge in [-0.15, -0.1) is 0 Å². The predicted octanol–water partition coefficient (Wildman–Crippen LogP) is 2.93. The number of hydrogen-bond donors (Lipinski definition) is 1. The second-order valence-electron chi connectivity index (χ2n) is 5.08. The zero-order valence-corrected chi connectivity index (χ0v) is 12.7. The van der Waals surface area contributed by atoms with Crippen LogP contribution in [0, 0.1) is 5.82 Å². The number of benzene rings is 1. The molecule has 1 aliphatic heterocycles. The van der Waals surface area contributed by atoms with Gasteiger partial charge in [0.1, 0.15) is 5.82 Å². The van der Waals surface area contributed by atoms with Crippen LogP contribution in [0.5, 0.6) is 0 Å². The molecule has 1 N–H and O–H groups in total. The molecule has 0 spiro atoms. The summed E-state index contributed by atoms with van der Waals surface area (Å²) in [5, 5.41) is 3.86. The van der Waals surface area contributed by atoms with Crippen LogP contribution in [-0.4, -0.2) is 27.7 Å². The standard InChI is InChI=1S/C16H18FN3S/c1-2-18-16(21)20-11-10-19-9-5-8-14(19)15(20)12-6-3-4-7-13(12)17/h3-9,15H,2,10-11H2,1H3,(H,18,21). The van der Waals surface area contributed by atoms with Crippen LogP contribution in [0.1, 0.15) is 24.2 Å². The average molecular weight is 303 g/mol. The molecule has 1 aromatic carbocycles. The Balaban J connectivity index is 2.06. The quantitative estimate of drug-likeness (QED) is 0.862. The highest BCUT2D eigenvalue weighted by molar-refractivity contribution is 7.80. The summed E-state index contributed by atoms with van der Waals surface area (Å²) in [4.78, 5) is 2.08. The van der Waals surface area contributed by atoms with Gasteiger partial charge in [0.15, 0.2) is 5.11 Å². The molecule has 0 radical (unpaired) electrons. The van der Waals surface area contributed by atoms with Gasteiger partial charge in [0.05, 0.1) is 6.04 Å². The van der Waals surface area contributed by atoms with Crippen LogP contribution < -0.4 is 5.32 Å². The number of fused-ring (bicyclic) bond motifs is 1. The fraction of sp³-hybridized carbons (Fsp3) is 0.312. The lowest BCUT2D eigenvalue weighted by molar-refractivity contribution is 0.281. The SMILES string of the molecule is CCNC(=S)N1CCn2cccc2C1c1ccccc1F. The third-order valence-electron chi connectivity index (χ3n) is 3.83. The number of halogens is 1.